The standard InChI is InChI=1S/C26H22N4O3S/c1-2-33-20-14-12-19(13-15-20)23(31)17-34-26-28-27-25-29(16-18-8-4-3-5-9-18)24(32)21-10-6-7-11-22(21)30(25)26/h3-15H,2,16-17H2,1H3. The number of thioether (sulfide) groups is 1. The zero-order valence-electron chi connectivity index (χ0n) is 18.5. The molecule has 0 amide bonds. The number of benzene rings is 3. The van der Waals surface area contributed by atoms with E-state index in [0.29, 0.717) is 40.6 Å². The summed E-state index contributed by atoms with van der Waals surface area (Å²) in [6.45, 7) is 2.87. The molecule has 0 aliphatic carbocycles. The van der Waals surface area contributed by atoms with Crippen LogP contribution in [-0.4, -0.2) is 37.3 Å². The molecule has 0 bridgehead atoms. The largest absolute Gasteiger partial charge is 0.494 e. The maximum Gasteiger partial charge on any atom is 0.263 e. The number of hydrogen-bond donors (Lipinski definition) is 0. The summed E-state index contributed by atoms with van der Waals surface area (Å²) in [5, 5.41) is 9.81. The predicted molar refractivity (Wildman–Crippen MR) is 133 cm³/mol. The summed E-state index contributed by atoms with van der Waals surface area (Å²) >= 11 is 1.30. The third-order valence-corrected chi connectivity index (χ3v) is 6.41. The van der Waals surface area contributed by atoms with Crippen LogP contribution in [0, 0.1) is 0 Å². The van der Waals surface area contributed by atoms with Gasteiger partial charge in [-0.2, -0.15) is 0 Å². The molecular weight excluding hydrogens is 448 g/mol. The highest BCUT2D eigenvalue weighted by molar-refractivity contribution is 7.99. The number of nitrogens with zero attached hydrogens (tertiary/aromatic N) is 4. The Balaban J connectivity index is 1.50. The van der Waals surface area contributed by atoms with Gasteiger partial charge in [-0.15, -0.1) is 10.2 Å². The fourth-order valence-corrected chi connectivity index (χ4v) is 4.69. The van der Waals surface area contributed by atoms with Gasteiger partial charge in [0.15, 0.2) is 10.9 Å². The molecule has 0 atom stereocenters. The second-order valence-corrected chi connectivity index (χ2v) is 8.62. The lowest BCUT2D eigenvalue weighted by Gasteiger charge is -2.11. The van der Waals surface area contributed by atoms with Crippen molar-refractivity contribution in [3.05, 3.63) is 100 Å². The number of ketones is 1. The molecule has 0 aliphatic heterocycles. The highest BCUT2D eigenvalue weighted by atomic mass is 32.2. The van der Waals surface area contributed by atoms with Crippen LogP contribution in [-0.2, 0) is 6.54 Å². The zero-order chi connectivity index (χ0) is 23.5. The molecule has 34 heavy (non-hydrogen) atoms. The fraction of sp³-hybridized carbons (Fsp3) is 0.154. The number of aromatic nitrogens is 4. The molecule has 0 unspecified atom stereocenters. The average molecular weight is 471 g/mol. The van der Waals surface area contributed by atoms with Crippen LogP contribution in [0.4, 0.5) is 0 Å². The van der Waals surface area contributed by atoms with Crippen molar-refractivity contribution in [3.8, 4) is 5.75 Å². The average Bonchev–Trinajstić information content (AvgIpc) is 3.30. The summed E-state index contributed by atoms with van der Waals surface area (Å²) in [5.74, 6) is 1.36. The monoisotopic (exact) mass is 470 g/mol. The van der Waals surface area contributed by atoms with Crippen LogP contribution in [0.25, 0.3) is 16.7 Å². The first-order valence-electron chi connectivity index (χ1n) is 10.9. The van der Waals surface area contributed by atoms with Gasteiger partial charge in [-0.25, -0.2) is 0 Å². The molecule has 0 fully saturated rings. The Morgan fingerprint density at radius 2 is 1.68 bits per heavy atom. The predicted octanol–water partition coefficient (Wildman–Crippen LogP) is 4.47. The number of hydrogen-bond acceptors (Lipinski definition) is 6. The Labute approximate surface area is 200 Å². The van der Waals surface area contributed by atoms with Crippen LogP contribution >= 0.6 is 11.8 Å². The first kappa shape index (κ1) is 21.9. The number of carbonyl (C=O) groups excluding carboxylic acids is 1. The summed E-state index contributed by atoms with van der Waals surface area (Å²) in [7, 11) is 0. The second kappa shape index (κ2) is 9.52. The van der Waals surface area contributed by atoms with E-state index < -0.39 is 0 Å². The van der Waals surface area contributed by atoms with Crippen LogP contribution in [0.1, 0.15) is 22.8 Å². The lowest BCUT2D eigenvalue weighted by Crippen LogP contribution is -2.24. The first-order valence-corrected chi connectivity index (χ1v) is 11.9. The van der Waals surface area contributed by atoms with Crippen LogP contribution in [0.3, 0.4) is 0 Å². The van der Waals surface area contributed by atoms with Crippen molar-refractivity contribution in [1.29, 1.82) is 0 Å². The molecular formula is C26H22N4O3S. The Kier molecular flexibility index (Phi) is 6.14. The number of Topliss-reactive ketones (excluding diaryl/α,β-unsaturated/α-hetero) is 1. The van der Waals surface area contributed by atoms with Gasteiger partial charge in [0, 0.05) is 5.56 Å². The number of ether oxygens (including phenoxy) is 1. The van der Waals surface area contributed by atoms with Gasteiger partial charge in [0.2, 0.25) is 5.78 Å². The van der Waals surface area contributed by atoms with E-state index in [1.165, 1.54) is 11.8 Å². The zero-order valence-corrected chi connectivity index (χ0v) is 19.4. The minimum Gasteiger partial charge on any atom is -0.494 e. The highest BCUT2D eigenvalue weighted by Gasteiger charge is 2.18. The smallest absolute Gasteiger partial charge is 0.263 e. The summed E-state index contributed by atoms with van der Waals surface area (Å²) in [5.41, 5.74) is 2.19. The van der Waals surface area contributed by atoms with E-state index in [4.69, 9.17) is 4.74 Å². The van der Waals surface area contributed by atoms with Gasteiger partial charge in [-0.3, -0.25) is 18.6 Å². The maximum atomic E-state index is 13.3. The van der Waals surface area contributed by atoms with Crippen molar-refractivity contribution < 1.29 is 9.53 Å². The van der Waals surface area contributed by atoms with Gasteiger partial charge in [-0.05, 0) is 48.9 Å². The molecule has 5 aromatic rings. The minimum atomic E-state index is -0.124. The van der Waals surface area contributed by atoms with E-state index in [2.05, 4.69) is 10.2 Å². The highest BCUT2D eigenvalue weighted by Crippen LogP contribution is 2.23. The van der Waals surface area contributed by atoms with E-state index in [1.54, 1.807) is 34.9 Å². The Hall–Kier alpha value is -3.91. The van der Waals surface area contributed by atoms with Crippen molar-refractivity contribution in [1.82, 2.24) is 19.2 Å². The van der Waals surface area contributed by atoms with Gasteiger partial charge < -0.3 is 4.74 Å². The van der Waals surface area contributed by atoms with Crippen molar-refractivity contribution >= 4 is 34.2 Å². The molecule has 0 spiro atoms. The molecule has 0 aliphatic rings. The molecule has 5 rings (SSSR count). The molecule has 8 heteroatoms. The number of para-hydroxylation sites is 1. The van der Waals surface area contributed by atoms with Crippen LogP contribution in [0.15, 0.2) is 88.8 Å². The Bertz CT molecular complexity index is 1530. The van der Waals surface area contributed by atoms with Gasteiger partial charge in [-0.1, -0.05) is 54.2 Å². The number of fused-ring (bicyclic) bond motifs is 3. The molecule has 0 saturated carbocycles. The van der Waals surface area contributed by atoms with Gasteiger partial charge in [0.05, 0.1) is 29.8 Å². The SMILES string of the molecule is CCOc1ccc(C(=O)CSc2nnc3n(Cc4ccccc4)c(=O)c4ccccc4n23)cc1. The van der Waals surface area contributed by atoms with Gasteiger partial charge in [0.25, 0.3) is 5.56 Å². The van der Waals surface area contributed by atoms with Crippen molar-refractivity contribution in [2.75, 3.05) is 12.4 Å². The van der Waals surface area contributed by atoms with E-state index in [-0.39, 0.29) is 17.1 Å². The van der Waals surface area contributed by atoms with E-state index in [0.717, 1.165) is 11.3 Å². The first-order chi connectivity index (χ1) is 16.7. The molecule has 0 saturated heterocycles. The molecule has 0 N–H and O–H groups in total. The van der Waals surface area contributed by atoms with Crippen LogP contribution < -0.4 is 10.3 Å². The fourth-order valence-electron chi connectivity index (χ4n) is 3.85. The third kappa shape index (κ3) is 4.20. The number of rotatable bonds is 8. The molecule has 2 heterocycles. The third-order valence-electron chi connectivity index (χ3n) is 5.48. The van der Waals surface area contributed by atoms with Gasteiger partial charge >= 0.3 is 0 Å². The van der Waals surface area contributed by atoms with Gasteiger partial charge in [0.1, 0.15) is 5.75 Å². The summed E-state index contributed by atoms with van der Waals surface area (Å²) in [4.78, 5) is 26.1. The number of carbonyl (C=O) groups is 1. The molecule has 0 radical (unpaired) electrons. The van der Waals surface area contributed by atoms with E-state index in [9.17, 15) is 9.59 Å². The lowest BCUT2D eigenvalue weighted by atomic mass is 10.1. The Morgan fingerprint density at radius 3 is 2.44 bits per heavy atom. The van der Waals surface area contributed by atoms with Crippen molar-refractivity contribution in [3.63, 3.8) is 0 Å². The van der Waals surface area contributed by atoms with Crippen molar-refractivity contribution in [2.24, 2.45) is 0 Å². The topological polar surface area (TPSA) is 78.5 Å². The van der Waals surface area contributed by atoms with E-state index >= 15 is 0 Å². The quantitative estimate of drug-likeness (QED) is 0.246. The molecule has 7 nitrogen and oxygen atoms in total. The molecule has 3 aromatic carbocycles. The van der Waals surface area contributed by atoms with Crippen LogP contribution in [0.5, 0.6) is 5.75 Å². The van der Waals surface area contributed by atoms with E-state index in [1.807, 2.05) is 59.9 Å². The van der Waals surface area contributed by atoms with Crippen molar-refractivity contribution in [2.45, 2.75) is 18.6 Å². The summed E-state index contributed by atoms with van der Waals surface area (Å²) in [6.07, 6.45) is 0. The normalized spacial score (nSPS) is 11.2. The minimum absolute atomic E-state index is 0.0216. The van der Waals surface area contributed by atoms with Crippen LogP contribution in [0.2, 0.25) is 0 Å². The maximum absolute atomic E-state index is 13.3. The molecule has 2 aromatic heterocycles. The summed E-state index contributed by atoms with van der Waals surface area (Å²) in [6, 6.07) is 24.3. The lowest BCUT2D eigenvalue weighted by molar-refractivity contribution is 0.102. The molecule has 170 valence electrons. The Morgan fingerprint density at radius 1 is 0.941 bits per heavy atom. The second-order valence-electron chi connectivity index (χ2n) is 7.68. The summed E-state index contributed by atoms with van der Waals surface area (Å²) < 4.78 is 8.93.